The van der Waals surface area contributed by atoms with Gasteiger partial charge in [0.1, 0.15) is 12.9 Å². The quantitative estimate of drug-likeness (QED) is 0.163. The molecule has 52 heavy (non-hydrogen) atoms. The molecule has 19 heteroatoms. The molecule has 0 radical (unpaired) electrons. The number of rotatable bonds is 9. The van der Waals surface area contributed by atoms with E-state index in [1.165, 1.54) is 18.4 Å². The minimum atomic E-state index is -5.16. The first kappa shape index (κ1) is 35.3. The molecule has 272 valence electrons. The summed E-state index contributed by atoms with van der Waals surface area (Å²) in [6.45, 7) is 4.75. The van der Waals surface area contributed by atoms with Crippen LogP contribution in [0.15, 0.2) is 52.3 Å². The van der Waals surface area contributed by atoms with Crippen molar-refractivity contribution in [3.05, 3.63) is 80.3 Å². The number of anilines is 1. The molecule has 0 aliphatic carbocycles. The summed E-state index contributed by atoms with van der Waals surface area (Å²) in [5.41, 5.74) is -0.984. The van der Waals surface area contributed by atoms with Gasteiger partial charge in [0.15, 0.2) is 12.3 Å². The van der Waals surface area contributed by atoms with Crippen molar-refractivity contribution in [2.75, 3.05) is 11.9 Å². The highest BCUT2D eigenvalue weighted by atomic mass is 31.2. The van der Waals surface area contributed by atoms with Gasteiger partial charge in [0.2, 0.25) is 17.5 Å². The summed E-state index contributed by atoms with van der Waals surface area (Å²) in [4.78, 5) is 87.0. The minimum Gasteiger partial charge on any atom is -0.458 e. The van der Waals surface area contributed by atoms with Crippen molar-refractivity contribution in [1.82, 2.24) is 24.1 Å². The number of ether oxygens (including phenoxy) is 3. The van der Waals surface area contributed by atoms with Crippen LogP contribution in [0.4, 0.5) is 5.95 Å². The highest BCUT2D eigenvalue weighted by Crippen LogP contribution is 2.54. The number of esters is 2. The number of carbonyl (C=O) groups excluding carboxylic acids is 3. The molecule has 18 nitrogen and oxygen atoms in total. The number of fused-ring (bicyclic) bond motifs is 5. The number of aromatic nitrogens is 5. The van der Waals surface area contributed by atoms with Gasteiger partial charge in [-0.2, -0.15) is 4.98 Å². The Bertz CT molecular complexity index is 2330. The van der Waals surface area contributed by atoms with Crippen LogP contribution in [-0.2, 0) is 61.0 Å². The first-order chi connectivity index (χ1) is 24.7. The molecular formula is C33H33N6O12P. The van der Waals surface area contributed by atoms with Crippen LogP contribution in [0.25, 0.3) is 22.3 Å². The predicted octanol–water partition coefficient (Wildman–Crippen LogP) is 2.30. The van der Waals surface area contributed by atoms with Crippen molar-refractivity contribution in [3.8, 4) is 11.4 Å². The molecule has 7 rings (SSSR count). The van der Waals surface area contributed by atoms with Crippen LogP contribution in [0.3, 0.4) is 0 Å². The second-order valence-corrected chi connectivity index (χ2v) is 14.0. The number of phosphoric ester groups is 1. The first-order valence-electron chi connectivity index (χ1n) is 16.3. The second kappa shape index (κ2) is 13.1. The Morgan fingerprint density at radius 3 is 2.63 bits per heavy atom. The zero-order valence-electron chi connectivity index (χ0n) is 28.3. The highest BCUT2D eigenvalue weighted by Gasteiger charge is 2.53. The molecule has 1 unspecified atom stereocenters. The fourth-order valence-electron chi connectivity index (χ4n) is 6.82. The lowest BCUT2D eigenvalue weighted by Crippen LogP contribution is -2.46. The maximum absolute atomic E-state index is 13.8. The molecule has 3 aliphatic heterocycles. The third kappa shape index (κ3) is 6.11. The number of para-hydroxylation sites is 1. The number of hydrogen-bond donors (Lipinski definition) is 2. The third-order valence-electron chi connectivity index (χ3n) is 9.35. The van der Waals surface area contributed by atoms with Crippen molar-refractivity contribution in [1.29, 1.82) is 0 Å². The van der Waals surface area contributed by atoms with E-state index in [9.17, 15) is 33.4 Å². The molecule has 1 aromatic carbocycles. The summed E-state index contributed by atoms with van der Waals surface area (Å²) in [5, 5.41) is 3.18. The monoisotopic (exact) mass is 736 g/mol. The highest BCUT2D eigenvalue weighted by molar-refractivity contribution is 7.47. The van der Waals surface area contributed by atoms with Crippen LogP contribution in [0, 0.1) is 5.92 Å². The first-order valence-corrected chi connectivity index (χ1v) is 17.8. The Kier molecular flexibility index (Phi) is 8.91. The van der Waals surface area contributed by atoms with Gasteiger partial charge in [-0.15, -0.1) is 0 Å². The van der Waals surface area contributed by atoms with E-state index in [2.05, 4.69) is 15.3 Å². The molecular weight excluding hydrogens is 703 g/mol. The molecule has 1 saturated heterocycles. The maximum Gasteiger partial charge on any atom is 0.473 e. The number of carbonyl (C=O) groups is 3. The molecule has 2 N–H and O–H groups in total. The Labute approximate surface area is 294 Å². The van der Waals surface area contributed by atoms with Gasteiger partial charge in [-0.05, 0) is 24.6 Å². The van der Waals surface area contributed by atoms with Gasteiger partial charge >= 0.3 is 25.5 Å². The molecule has 3 aliphatic rings. The van der Waals surface area contributed by atoms with Gasteiger partial charge in [0, 0.05) is 36.3 Å². The van der Waals surface area contributed by atoms with E-state index in [4.69, 9.17) is 28.2 Å². The Morgan fingerprint density at radius 2 is 1.92 bits per heavy atom. The van der Waals surface area contributed by atoms with Crippen LogP contribution in [-0.4, -0.2) is 65.6 Å². The lowest BCUT2D eigenvalue weighted by atomic mass is 9.86. The minimum absolute atomic E-state index is 0.0609. The van der Waals surface area contributed by atoms with Crippen LogP contribution >= 0.6 is 7.82 Å². The average Bonchev–Trinajstić information content (AvgIpc) is 3.60. The van der Waals surface area contributed by atoms with Crippen molar-refractivity contribution in [3.63, 3.8) is 0 Å². The zero-order valence-corrected chi connectivity index (χ0v) is 29.2. The van der Waals surface area contributed by atoms with Crippen LogP contribution < -0.4 is 16.6 Å². The number of hydrogen-bond acceptors (Lipinski definition) is 14. The second-order valence-electron chi connectivity index (χ2n) is 12.7. The standard InChI is InChI=1S/C33H33N6O12P/c1-5-33(22-11-24-26-20(10-19-8-6-7-9-23(19)36-26)12-38(24)28(42)21(22)13-47-30(33)43)51-52(45,46)48-14-25-16(2)27(49-18(4)41)29(50-25)39-15-34-31(35-17(3)40)37-32(39)44/h6-11,15-16,25,27,29H,5,12-14H2,1-4H3,(H,45,46)(H,35,37,40,44)/t16-,25-,27-,29-,33+/m1/s1. The molecule has 6 heterocycles. The smallest absolute Gasteiger partial charge is 0.458 e. The van der Waals surface area contributed by atoms with Gasteiger partial charge in [-0.1, -0.05) is 32.0 Å². The van der Waals surface area contributed by atoms with Crippen LogP contribution in [0.1, 0.15) is 57.0 Å². The van der Waals surface area contributed by atoms with Crippen LogP contribution in [0.2, 0.25) is 0 Å². The van der Waals surface area contributed by atoms with Gasteiger partial charge in [0.25, 0.3) is 5.56 Å². The number of cyclic esters (lactones) is 1. The largest absolute Gasteiger partial charge is 0.473 e. The van der Waals surface area contributed by atoms with E-state index >= 15 is 0 Å². The Morgan fingerprint density at radius 1 is 1.15 bits per heavy atom. The topological polar surface area (TPSA) is 229 Å². The van der Waals surface area contributed by atoms with E-state index in [0.717, 1.165) is 28.8 Å². The number of amides is 1. The number of benzene rings is 1. The number of phosphoric acid groups is 1. The lowest BCUT2D eigenvalue weighted by Gasteiger charge is -2.36. The van der Waals surface area contributed by atoms with E-state index in [1.807, 2.05) is 30.3 Å². The summed E-state index contributed by atoms with van der Waals surface area (Å²) < 4.78 is 44.0. The summed E-state index contributed by atoms with van der Waals surface area (Å²) in [5.74, 6) is -3.16. The summed E-state index contributed by atoms with van der Waals surface area (Å²) >= 11 is 0. The summed E-state index contributed by atoms with van der Waals surface area (Å²) in [6.07, 6.45) is -2.60. The van der Waals surface area contributed by atoms with Crippen molar-refractivity contribution < 1.29 is 47.1 Å². The van der Waals surface area contributed by atoms with E-state index in [1.54, 1.807) is 13.0 Å². The normalized spacial score (nSPS) is 24.4. The predicted molar refractivity (Wildman–Crippen MR) is 178 cm³/mol. The molecule has 4 aromatic rings. The van der Waals surface area contributed by atoms with Gasteiger partial charge in [-0.3, -0.25) is 33.3 Å². The van der Waals surface area contributed by atoms with E-state index < -0.39 is 73.5 Å². The van der Waals surface area contributed by atoms with E-state index in [-0.39, 0.29) is 36.6 Å². The molecule has 0 bridgehead atoms. The molecule has 3 aromatic heterocycles. The lowest BCUT2D eigenvalue weighted by molar-refractivity contribution is -0.171. The third-order valence-corrected chi connectivity index (χ3v) is 10.4. The maximum atomic E-state index is 13.8. The number of nitrogens with zero attached hydrogens (tertiary/aromatic N) is 5. The van der Waals surface area contributed by atoms with Gasteiger partial charge in [-0.25, -0.2) is 24.1 Å². The van der Waals surface area contributed by atoms with Crippen molar-refractivity contribution >= 4 is 42.5 Å². The summed E-state index contributed by atoms with van der Waals surface area (Å²) in [7, 11) is -5.16. The van der Waals surface area contributed by atoms with Gasteiger partial charge in [0.05, 0.1) is 41.7 Å². The molecule has 6 atom stereocenters. The fourth-order valence-corrected chi connectivity index (χ4v) is 7.90. The fraction of sp³-hybridized carbons (Fsp3) is 0.394. The molecule has 0 saturated carbocycles. The van der Waals surface area contributed by atoms with Gasteiger partial charge < -0.3 is 23.7 Å². The number of nitrogens with one attached hydrogen (secondary N) is 1. The van der Waals surface area contributed by atoms with Crippen molar-refractivity contribution in [2.45, 2.75) is 71.3 Å². The Balaban J connectivity index is 1.16. The van der Waals surface area contributed by atoms with Crippen molar-refractivity contribution in [2.24, 2.45) is 5.92 Å². The molecule has 1 fully saturated rings. The van der Waals surface area contributed by atoms with Crippen LogP contribution in [0.5, 0.6) is 0 Å². The van der Waals surface area contributed by atoms with E-state index in [0.29, 0.717) is 16.9 Å². The number of pyridine rings is 2. The summed E-state index contributed by atoms with van der Waals surface area (Å²) in [6, 6.07) is 11.0. The molecule has 0 spiro atoms. The zero-order chi connectivity index (χ0) is 37.1. The SMILES string of the molecule is CC[C@@]1(OP(=O)(O)OC[C@H]2O[C@@H](n3cnc(NC(C)=O)nc3=O)[C@H](OC(C)=O)[C@@H]2C)C(=O)OCc2c1cc1n(c2=O)Cc2cc3ccccc3nc2-1. The average molecular weight is 737 g/mol. The molecule has 1 amide bonds. The Hall–Kier alpha value is -5.13.